The van der Waals surface area contributed by atoms with Crippen LogP contribution in [0.1, 0.15) is 0 Å². The van der Waals surface area contributed by atoms with Crippen LogP contribution >= 0.6 is 0 Å². The molecule has 6 aromatic rings. The normalized spacial score (nSPS) is 11.4. The monoisotopic (exact) mass is 447 g/mol. The maximum absolute atomic E-state index is 10.2. The van der Waals surface area contributed by atoms with Gasteiger partial charge in [0.05, 0.1) is 22.9 Å². The summed E-state index contributed by atoms with van der Waals surface area (Å²) >= 11 is 0. The van der Waals surface area contributed by atoms with Gasteiger partial charge in [0.2, 0.25) is 5.88 Å². The molecule has 0 unspecified atom stereocenters. The van der Waals surface area contributed by atoms with Crippen molar-refractivity contribution in [3.63, 3.8) is 0 Å². The zero-order valence-corrected chi connectivity index (χ0v) is 18.7. The SMILES string of the molecule is CN(C)c1ccc(-n2c3ccncc3c3ccc(Oc4ccc5cccc(O)c5n4)cc32)nc1. The van der Waals surface area contributed by atoms with E-state index in [0.29, 0.717) is 17.1 Å². The van der Waals surface area contributed by atoms with E-state index in [1.807, 2.05) is 79.9 Å². The van der Waals surface area contributed by atoms with Gasteiger partial charge in [-0.1, -0.05) is 12.1 Å². The lowest BCUT2D eigenvalue weighted by molar-refractivity contribution is 0.460. The Bertz CT molecular complexity index is 1670. The molecule has 0 saturated heterocycles. The molecule has 2 aromatic carbocycles. The molecule has 34 heavy (non-hydrogen) atoms. The quantitative estimate of drug-likeness (QED) is 0.374. The molecule has 0 aliphatic heterocycles. The number of nitrogens with zero attached hydrogens (tertiary/aromatic N) is 5. The molecule has 0 atom stereocenters. The van der Waals surface area contributed by atoms with E-state index in [0.717, 1.165) is 38.7 Å². The molecule has 0 fully saturated rings. The molecule has 0 bridgehead atoms. The number of aromatic hydroxyl groups is 1. The number of aromatic nitrogens is 4. The number of phenols is 1. The van der Waals surface area contributed by atoms with Crippen LogP contribution in [0.2, 0.25) is 0 Å². The summed E-state index contributed by atoms with van der Waals surface area (Å²) in [7, 11) is 3.99. The van der Waals surface area contributed by atoms with Crippen LogP contribution in [0.25, 0.3) is 38.5 Å². The number of fused-ring (bicyclic) bond motifs is 4. The first-order chi connectivity index (χ1) is 16.6. The fraction of sp³-hybridized carbons (Fsp3) is 0.0741. The third kappa shape index (κ3) is 3.26. The van der Waals surface area contributed by atoms with Gasteiger partial charge in [-0.15, -0.1) is 0 Å². The van der Waals surface area contributed by atoms with Gasteiger partial charge in [-0.3, -0.25) is 9.55 Å². The summed E-state index contributed by atoms with van der Waals surface area (Å²) in [6.45, 7) is 0. The van der Waals surface area contributed by atoms with Crippen molar-refractivity contribution in [2.24, 2.45) is 0 Å². The lowest BCUT2D eigenvalue weighted by Gasteiger charge is -2.13. The maximum atomic E-state index is 10.2. The Hall–Kier alpha value is -4.65. The molecule has 0 aliphatic rings. The number of pyridine rings is 3. The number of rotatable bonds is 4. The lowest BCUT2D eigenvalue weighted by atomic mass is 10.2. The number of benzene rings is 2. The number of phenolic OH excluding ortho intramolecular Hbond substituents is 1. The van der Waals surface area contributed by atoms with Crippen LogP contribution in [0.15, 0.2) is 85.3 Å². The van der Waals surface area contributed by atoms with Gasteiger partial charge in [0.1, 0.15) is 22.8 Å². The van der Waals surface area contributed by atoms with Crippen LogP contribution in [0.5, 0.6) is 17.4 Å². The summed E-state index contributed by atoms with van der Waals surface area (Å²) in [5.74, 6) is 1.98. The van der Waals surface area contributed by atoms with E-state index in [1.165, 1.54) is 0 Å². The molecule has 0 spiro atoms. The molecule has 0 amide bonds. The molecular formula is C27H21N5O2. The summed E-state index contributed by atoms with van der Waals surface area (Å²) in [5.41, 5.74) is 3.50. The highest BCUT2D eigenvalue weighted by Gasteiger charge is 2.15. The van der Waals surface area contributed by atoms with Crippen molar-refractivity contribution in [3.05, 3.63) is 85.3 Å². The number of para-hydroxylation sites is 1. The molecule has 1 N–H and O–H groups in total. The molecule has 7 heteroatoms. The first kappa shape index (κ1) is 20.0. The van der Waals surface area contributed by atoms with E-state index in [2.05, 4.69) is 14.5 Å². The smallest absolute Gasteiger partial charge is 0.219 e. The second kappa shape index (κ2) is 7.74. The molecule has 4 aromatic heterocycles. The minimum atomic E-state index is 0.123. The molecule has 0 saturated carbocycles. The summed E-state index contributed by atoms with van der Waals surface area (Å²) in [4.78, 5) is 15.6. The zero-order valence-electron chi connectivity index (χ0n) is 18.7. The highest BCUT2D eigenvalue weighted by Crippen LogP contribution is 2.35. The van der Waals surface area contributed by atoms with Crippen molar-refractivity contribution in [3.8, 4) is 23.2 Å². The predicted octanol–water partition coefficient (Wildman–Crippen LogP) is 5.69. The van der Waals surface area contributed by atoms with Crippen molar-refractivity contribution >= 4 is 38.4 Å². The summed E-state index contributed by atoms with van der Waals surface area (Å²) in [5, 5.41) is 13.1. The van der Waals surface area contributed by atoms with Crippen LogP contribution in [-0.2, 0) is 0 Å². The highest BCUT2D eigenvalue weighted by molar-refractivity contribution is 6.09. The van der Waals surface area contributed by atoms with Crippen molar-refractivity contribution in [1.82, 2.24) is 19.5 Å². The Kier molecular flexibility index (Phi) is 4.55. The Labute approximate surface area is 195 Å². The summed E-state index contributed by atoms with van der Waals surface area (Å²) in [6.07, 6.45) is 5.52. The number of hydrogen-bond acceptors (Lipinski definition) is 6. The van der Waals surface area contributed by atoms with Gasteiger partial charge in [0, 0.05) is 54.8 Å². The van der Waals surface area contributed by atoms with Gasteiger partial charge in [-0.2, -0.15) is 0 Å². The molecule has 0 aliphatic carbocycles. The van der Waals surface area contributed by atoms with E-state index in [4.69, 9.17) is 9.72 Å². The van der Waals surface area contributed by atoms with Crippen LogP contribution in [0.3, 0.4) is 0 Å². The fourth-order valence-electron chi connectivity index (χ4n) is 4.22. The molecular weight excluding hydrogens is 426 g/mol. The summed E-state index contributed by atoms with van der Waals surface area (Å²) < 4.78 is 8.22. The average molecular weight is 447 g/mol. The number of hydrogen-bond donors (Lipinski definition) is 1. The van der Waals surface area contributed by atoms with Gasteiger partial charge in [-0.05, 0) is 42.5 Å². The van der Waals surface area contributed by atoms with Gasteiger partial charge >= 0.3 is 0 Å². The average Bonchev–Trinajstić information content (AvgIpc) is 3.18. The molecule has 0 radical (unpaired) electrons. The lowest BCUT2D eigenvalue weighted by Crippen LogP contribution is -2.09. The Morgan fingerprint density at radius 2 is 1.79 bits per heavy atom. The third-order valence-corrected chi connectivity index (χ3v) is 5.91. The molecule has 166 valence electrons. The second-order valence-corrected chi connectivity index (χ2v) is 8.28. The predicted molar refractivity (Wildman–Crippen MR) is 134 cm³/mol. The van der Waals surface area contributed by atoms with Crippen molar-refractivity contribution in [1.29, 1.82) is 0 Å². The van der Waals surface area contributed by atoms with Gasteiger partial charge in [0.15, 0.2) is 0 Å². The first-order valence-corrected chi connectivity index (χ1v) is 10.9. The topological polar surface area (TPSA) is 76.3 Å². The van der Waals surface area contributed by atoms with Crippen LogP contribution < -0.4 is 9.64 Å². The van der Waals surface area contributed by atoms with Crippen molar-refractivity contribution in [2.75, 3.05) is 19.0 Å². The standard InChI is InChI=1S/C27H21N5O2/c1-31(2)18-7-10-25(29-15-18)32-22-12-13-28-16-21(22)20-9-8-19(14-23(20)32)34-26-11-6-17-4-3-5-24(33)27(17)30-26/h3-16,33H,1-2H3. The van der Waals surface area contributed by atoms with Gasteiger partial charge < -0.3 is 14.7 Å². The fourth-order valence-corrected chi connectivity index (χ4v) is 4.22. The van der Waals surface area contributed by atoms with E-state index >= 15 is 0 Å². The van der Waals surface area contributed by atoms with E-state index in [9.17, 15) is 5.11 Å². The van der Waals surface area contributed by atoms with Gasteiger partial charge in [-0.25, -0.2) is 9.97 Å². The molecule has 6 rings (SSSR count). The van der Waals surface area contributed by atoms with Crippen molar-refractivity contribution in [2.45, 2.75) is 0 Å². The van der Waals surface area contributed by atoms with Crippen LogP contribution in [-0.4, -0.2) is 38.7 Å². The van der Waals surface area contributed by atoms with E-state index in [1.54, 1.807) is 24.4 Å². The van der Waals surface area contributed by atoms with E-state index in [-0.39, 0.29) is 5.75 Å². The van der Waals surface area contributed by atoms with Crippen molar-refractivity contribution < 1.29 is 9.84 Å². The minimum Gasteiger partial charge on any atom is -0.506 e. The maximum Gasteiger partial charge on any atom is 0.219 e. The van der Waals surface area contributed by atoms with E-state index < -0.39 is 0 Å². The highest BCUT2D eigenvalue weighted by atomic mass is 16.5. The Balaban J connectivity index is 1.49. The third-order valence-electron chi connectivity index (χ3n) is 5.91. The zero-order chi connectivity index (χ0) is 23.2. The summed E-state index contributed by atoms with van der Waals surface area (Å²) in [6, 6.07) is 21.0. The number of ether oxygens (including phenoxy) is 1. The number of anilines is 1. The minimum absolute atomic E-state index is 0.123. The first-order valence-electron chi connectivity index (χ1n) is 10.9. The molecule has 7 nitrogen and oxygen atoms in total. The van der Waals surface area contributed by atoms with Crippen LogP contribution in [0.4, 0.5) is 5.69 Å². The second-order valence-electron chi connectivity index (χ2n) is 8.28. The van der Waals surface area contributed by atoms with Gasteiger partial charge in [0.25, 0.3) is 0 Å². The Morgan fingerprint density at radius 3 is 2.62 bits per heavy atom. The Morgan fingerprint density at radius 1 is 0.882 bits per heavy atom. The largest absolute Gasteiger partial charge is 0.506 e. The molecule has 4 heterocycles. The van der Waals surface area contributed by atoms with Crippen LogP contribution in [0, 0.1) is 0 Å².